The van der Waals surface area contributed by atoms with E-state index in [1.807, 2.05) is 21.7 Å². The van der Waals surface area contributed by atoms with E-state index in [2.05, 4.69) is 10.2 Å². The van der Waals surface area contributed by atoms with Gasteiger partial charge in [-0.25, -0.2) is 0 Å². The Labute approximate surface area is 125 Å². The van der Waals surface area contributed by atoms with Crippen LogP contribution in [0.1, 0.15) is 28.1 Å². The average molecular weight is 305 g/mol. The molecule has 2 aliphatic rings. The van der Waals surface area contributed by atoms with Gasteiger partial charge < -0.3 is 14.1 Å². The molecule has 1 amide bonds. The van der Waals surface area contributed by atoms with Crippen molar-refractivity contribution in [1.29, 1.82) is 0 Å². The van der Waals surface area contributed by atoms with Gasteiger partial charge >= 0.3 is 0 Å². The molecule has 2 saturated heterocycles. The molecule has 0 unspecified atom stereocenters. The fourth-order valence-electron chi connectivity index (χ4n) is 3.16. The summed E-state index contributed by atoms with van der Waals surface area (Å²) in [5.41, 5.74) is 0.755. The minimum Gasteiger partial charge on any atom is -0.425 e. The molecule has 2 aliphatic heterocycles. The Bertz CT molecular complexity index is 654. The van der Waals surface area contributed by atoms with Crippen LogP contribution in [-0.4, -0.2) is 46.8 Å². The summed E-state index contributed by atoms with van der Waals surface area (Å²) in [5.74, 6) is 1.61. The minimum absolute atomic E-state index is 0.0739. The third-order valence-corrected chi connectivity index (χ3v) is 4.91. The van der Waals surface area contributed by atoms with Gasteiger partial charge in [-0.15, -0.1) is 10.2 Å². The normalized spacial score (nSPS) is 28.0. The Hall–Kier alpha value is -1.73. The van der Waals surface area contributed by atoms with E-state index in [1.54, 1.807) is 6.92 Å². The lowest BCUT2D eigenvalue weighted by Crippen LogP contribution is -2.30. The van der Waals surface area contributed by atoms with E-state index < -0.39 is 0 Å². The molecule has 6 nitrogen and oxygen atoms in total. The van der Waals surface area contributed by atoms with Gasteiger partial charge in [0.05, 0.1) is 24.2 Å². The van der Waals surface area contributed by atoms with Crippen LogP contribution in [0.25, 0.3) is 0 Å². The van der Waals surface area contributed by atoms with Crippen LogP contribution in [0, 0.1) is 12.8 Å². The SMILES string of the molecule is Cc1nnc([C@H]2CO[C@@H]3CN(C(=O)c4ccsc4)C[C@H]23)o1. The van der Waals surface area contributed by atoms with Crippen molar-refractivity contribution in [2.45, 2.75) is 18.9 Å². The van der Waals surface area contributed by atoms with Crippen molar-refractivity contribution in [3.05, 3.63) is 34.2 Å². The van der Waals surface area contributed by atoms with Crippen LogP contribution >= 0.6 is 11.3 Å². The minimum atomic E-state index is 0.0739. The van der Waals surface area contributed by atoms with Crippen LogP contribution in [0.3, 0.4) is 0 Å². The Morgan fingerprint density at radius 2 is 2.33 bits per heavy atom. The molecule has 0 saturated carbocycles. The molecular weight excluding hydrogens is 290 g/mol. The van der Waals surface area contributed by atoms with Crippen LogP contribution in [0.15, 0.2) is 21.2 Å². The quantitative estimate of drug-likeness (QED) is 0.844. The van der Waals surface area contributed by atoms with Gasteiger partial charge in [-0.2, -0.15) is 11.3 Å². The third-order valence-electron chi connectivity index (χ3n) is 4.23. The lowest BCUT2D eigenvalue weighted by atomic mass is 9.93. The van der Waals surface area contributed by atoms with Crippen LogP contribution < -0.4 is 0 Å². The Morgan fingerprint density at radius 3 is 3.05 bits per heavy atom. The molecule has 3 atom stereocenters. The number of carbonyl (C=O) groups excluding carboxylic acids is 1. The molecule has 0 aromatic carbocycles. The third kappa shape index (κ3) is 2.16. The average Bonchev–Trinajstić information content (AvgIpc) is 3.21. The van der Waals surface area contributed by atoms with Crippen LogP contribution in [0.4, 0.5) is 0 Å². The Morgan fingerprint density at radius 1 is 1.43 bits per heavy atom. The summed E-state index contributed by atoms with van der Waals surface area (Å²) in [6, 6.07) is 1.86. The summed E-state index contributed by atoms with van der Waals surface area (Å²) in [5, 5.41) is 11.8. The highest BCUT2D eigenvalue weighted by molar-refractivity contribution is 7.08. The van der Waals surface area contributed by atoms with Crippen molar-refractivity contribution in [1.82, 2.24) is 15.1 Å². The standard InChI is InChI=1S/C14H15N3O3S/c1-8-15-16-13(20-8)11-6-19-12-5-17(4-10(11)12)14(18)9-2-3-21-7-9/h2-3,7,10-12H,4-6H2,1H3/t10-,11+,12-/m1/s1. The second-order valence-electron chi connectivity index (χ2n) is 5.52. The maximum Gasteiger partial charge on any atom is 0.254 e. The van der Waals surface area contributed by atoms with E-state index in [1.165, 1.54) is 11.3 Å². The highest BCUT2D eigenvalue weighted by Crippen LogP contribution is 2.39. The van der Waals surface area contributed by atoms with Crippen molar-refractivity contribution < 1.29 is 13.9 Å². The van der Waals surface area contributed by atoms with Gasteiger partial charge in [0.15, 0.2) is 0 Å². The molecule has 7 heteroatoms. The molecule has 4 heterocycles. The maximum atomic E-state index is 12.4. The number of likely N-dealkylation sites (tertiary alicyclic amines) is 1. The summed E-state index contributed by atoms with van der Waals surface area (Å²) in [6.07, 6.45) is 0.0739. The van der Waals surface area contributed by atoms with Gasteiger partial charge in [0.1, 0.15) is 0 Å². The highest BCUT2D eigenvalue weighted by Gasteiger charge is 2.47. The van der Waals surface area contributed by atoms with Crippen molar-refractivity contribution in [2.24, 2.45) is 5.92 Å². The molecular formula is C14H15N3O3S. The summed E-state index contributed by atoms with van der Waals surface area (Å²) in [7, 11) is 0. The van der Waals surface area contributed by atoms with Gasteiger partial charge in [-0.05, 0) is 11.4 Å². The predicted molar refractivity (Wildman–Crippen MR) is 75.2 cm³/mol. The Kier molecular flexibility index (Phi) is 3.04. The smallest absolute Gasteiger partial charge is 0.254 e. The van der Waals surface area contributed by atoms with Gasteiger partial charge in [-0.3, -0.25) is 4.79 Å². The van der Waals surface area contributed by atoms with Crippen LogP contribution in [-0.2, 0) is 4.74 Å². The number of thiophene rings is 1. The fourth-order valence-corrected chi connectivity index (χ4v) is 3.79. The number of aryl methyl sites for hydroxylation is 1. The first-order valence-corrected chi connectivity index (χ1v) is 7.90. The van der Waals surface area contributed by atoms with E-state index in [9.17, 15) is 4.79 Å². The number of hydrogen-bond acceptors (Lipinski definition) is 6. The zero-order valence-corrected chi connectivity index (χ0v) is 12.4. The van der Waals surface area contributed by atoms with Crippen molar-refractivity contribution in [2.75, 3.05) is 19.7 Å². The van der Waals surface area contributed by atoms with Gasteiger partial charge in [-0.1, -0.05) is 0 Å². The number of nitrogens with zero attached hydrogens (tertiary/aromatic N) is 3. The predicted octanol–water partition coefficient (Wildman–Crippen LogP) is 1.69. The number of hydrogen-bond donors (Lipinski definition) is 0. The van der Waals surface area contributed by atoms with Crippen molar-refractivity contribution in [3.8, 4) is 0 Å². The van der Waals surface area contributed by atoms with Crippen LogP contribution in [0.2, 0.25) is 0 Å². The first-order chi connectivity index (χ1) is 10.2. The molecule has 2 fully saturated rings. The monoisotopic (exact) mass is 305 g/mol. The molecule has 2 aromatic rings. The van der Waals surface area contributed by atoms with E-state index in [4.69, 9.17) is 9.15 Å². The largest absolute Gasteiger partial charge is 0.425 e. The Balaban J connectivity index is 1.52. The number of rotatable bonds is 2. The van der Waals surface area contributed by atoms with E-state index in [0.29, 0.717) is 31.5 Å². The molecule has 21 heavy (non-hydrogen) atoms. The van der Waals surface area contributed by atoms with Crippen LogP contribution in [0.5, 0.6) is 0 Å². The maximum absolute atomic E-state index is 12.4. The zero-order valence-electron chi connectivity index (χ0n) is 11.6. The van der Waals surface area contributed by atoms with E-state index in [-0.39, 0.29) is 23.8 Å². The zero-order chi connectivity index (χ0) is 14.4. The van der Waals surface area contributed by atoms with Crippen molar-refractivity contribution >= 4 is 17.2 Å². The molecule has 0 spiro atoms. The number of aromatic nitrogens is 2. The second-order valence-corrected chi connectivity index (χ2v) is 6.30. The number of carbonyl (C=O) groups is 1. The molecule has 0 bridgehead atoms. The van der Waals surface area contributed by atoms with Gasteiger partial charge in [0.2, 0.25) is 11.8 Å². The molecule has 110 valence electrons. The lowest BCUT2D eigenvalue weighted by molar-refractivity contribution is 0.0687. The summed E-state index contributed by atoms with van der Waals surface area (Å²) in [4.78, 5) is 14.3. The van der Waals surface area contributed by atoms with Gasteiger partial charge in [0, 0.05) is 31.3 Å². The summed E-state index contributed by atoms with van der Waals surface area (Å²) >= 11 is 1.54. The van der Waals surface area contributed by atoms with Gasteiger partial charge in [0.25, 0.3) is 5.91 Å². The molecule has 4 rings (SSSR count). The molecule has 0 N–H and O–H groups in total. The van der Waals surface area contributed by atoms with E-state index in [0.717, 1.165) is 5.56 Å². The second kappa shape index (κ2) is 4.92. The first kappa shape index (κ1) is 13.0. The number of amides is 1. The molecule has 0 aliphatic carbocycles. The molecule has 2 aromatic heterocycles. The number of ether oxygens (including phenoxy) is 1. The topological polar surface area (TPSA) is 68.5 Å². The fraction of sp³-hybridized carbons (Fsp3) is 0.500. The first-order valence-electron chi connectivity index (χ1n) is 6.95. The molecule has 0 radical (unpaired) electrons. The van der Waals surface area contributed by atoms with E-state index >= 15 is 0 Å². The lowest BCUT2D eigenvalue weighted by Gasteiger charge is -2.17. The summed E-state index contributed by atoms with van der Waals surface area (Å²) in [6.45, 7) is 3.71. The highest BCUT2D eigenvalue weighted by atomic mass is 32.1. The summed E-state index contributed by atoms with van der Waals surface area (Å²) < 4.78 is 11.4. The number of fused-ring (bicyclic) bond motifs is 1. The van der Waals surface area contributed by atoms with Crippen molar-refractivity contribution in [3.63, 3.8) is 0 Å².